The largest absolute Gasteiger partial charge is 0.496 e. The van der Waals surface area contributed by atoms with Crippen molar-refractivity contribution in [2.45, 2.75) is 51.0 Å². The summed E-state index contributed by atoms with van der Waals surface area (Å²) in [4.78, 5) is 6.25. The van der Waals surface area contributed by atoms with Crippen molar-refractivity contribution in [3.63, 3.8) is 0 Å². The average Bonchev–Trinajstić information content (AvgIpc) is 3.45. The lowest BCUT2D eigenvalue weighted by atomic mass is 9.66. The molecule has 1 aliphatic carbocycles. The first-order valence-electron chi connectivity index (χ1n) is 11.8. The number of benzene rings is 2. The Bertz CT molecular complexity index is 1050. The van der Waals surface area contributed by atoms with Gasteiger partial charge in [-0.2, -0.15) is 0 Å². The summed E-state index contributed by atoms with van der Waals surface area (Å²) in [5, 5.41) is 1.30. The highest BCUT2D eigenvalue weighted by Gasteiger charge is 2.46. The first-order valence-corrected chi connectivity index (χ1v) is 11.8. The number of nitrogens with two attached hydrogens (primary N) is 1. The van der Waals surface area contributed by atoms with E-state index in [9.17, 15) is 0 Å². The Balaban J connectivity index is 1.49. The molecular weight excluding hydrogens is 382 g/mol. The lowest BCUT2D eigenvalue weighted by Crippen LogP contribution is -2.51. The second kappa shape index (κ2) is 8.33. The summed E-state index contributed by atoms with van der Waals surface area (Å²) in [7, 11) is 1.73. The number of hydrogen-bond acceptors (Lipinski definition) is 3. The summed E-state index contributed by atoms with van der Waals surface area (Å²) in [6.45, 7) is 5.39. The minimum absolute atomic E-state index is 0.414. The van der Waals surface area contributed by atoms with Crippen molar-refractivity contribution < 1.29 is 4.74 Å². The fourth-order valence-corrected chi connectivity index (χ4v) is 6.21. The van der Waals surface area contributed by atoms with E-state index in [1.165, 1.54) is 55.1 Å². The van der Waals surface area contributed by atoms with Crippen molar-refractivity contribution in [3.05, 3.63) is 54.1 Å². The van der Waals surface area contributed by atoms with E-state index < -0.39 is 0 Å². The lowest BCUT2D eigenvalue weighted by molar-refractivity contribution is 0.0460. The number of ether oxygens (including phenoxy) is 1. The number of methoxy groups -OCH3 is 1. The normalized spacial score (nSPS) is 22.2. The fourth-order valence-electron chi connectivity index (χ4n) is 6.21. The Labute approximate surface area is 185 Å². The van der Waals surface area contributed by atoms with Gasteiger partial charge in [0.25, 0.3) is 0 Å². The number of piperidine rings is 1. The van der Waals surface area contributed by atoms with E-state index in [2.05, 4.69) is 53.2 Å². The summed E-state index contributed by atoms with van der Waals surface area (Å²) >= 11 is 0. The quantitative estimate of drug-likeness (QED) is 0.573. The van der Waals surface area contributed by atoms with E-state index in [-0.39, 0.29) is 0 Å². The van der Waals surface area contributed by atoms with Crippen molar-refractivity contribution in [1.82, 2.24) is 9.88 Å². The summed E-state index contributed by atoms with van der Waals surface area (Å²) < 4.78 is 5.58. The number of H-pyrrole nitrogens is 1. The van der Waals surface area contributed by atoms with Crippen molar-refractivity contribution in [1.29, 1.82) is 0 Å². The van der Waals surface area contributed by atoms with E-state index in [0.29, 0.717) is 17.4 Å². The fraction of sp³-hybridized carbons (Fsp3) is 0.481. The first-order chi connectivity index (χ1) is 15.1. The van der Waals surface area contributed by atoms with E-state index in [4.69, 9.17) is 10.5 Å². The molecule has 2 fully saturated rings. The van der Waals surface area contributed by atoms with Crippen LogP contribution in [0.5, 0.6) is 5.75 Å². The zero-order chi connectivity index (χ0) is 21.4. The smallest absolute Gasteiger partial charge is 0.128 e. The van der Waals surface area contributed by atoms with Gasteiger partial charge in [0.05, 0.1) is 12.8 Å². The number of rotatable bonds is 5. The molecule has 3 aromatic rings. The molecule has 31 heavy (non-hydrogen) atoms. The number of nitrogens with one attached hydrogen (secondary N) is 1. The van der Waals surface area contributed by atoms with Gasteiger partial charge in [0, 0.05) is 35.6 Å². The van der Waals surface area contributed by atoms with Gasteiger partial charge in [-0.25, -0.2) is 0 Å². The predicted octanol–water partition coefficient (Wildman–Crippen LogP) is 5.54. The van der Waals surface area contributed by atoms with Crippen molar-refractivity contribution in [2.24, 2.45) is 11.1 Å². The van der Waals surface area contributed by atoms with Crippen LogP contribution in [0.3, 0.4) is 0 Å². The highest BCUT2D eigenvalue weighted by atomic mass is 16.5. The Hall–Kier alpha value is -2.30. The van der Waals surface area contributed by atoms with Crippen LogP contribution in [-0.2, 0) is 0 Å². The molecule has 164 valence electrons. The Morgan fingerprint density at radius 3 is 2.74 bits per heavy atom. The predicted molar refractivity (Wildman–Crippen MR) is 129 cm³/mol. The maximum absolute atomic E-state index is 6.01. The molecule has 5 rings (SSSR count). The number of likely N-dealkylation sites (tertiary alicyclic amines) is 1. The van der Waals surface area contributed by atoms with Crippen LogP contribution in [0.15, 0.2) is 48.5 Å². The van der Waals surface area contributed by atoms with Gasteiger partial charge in [0.2, 0.25) is 0 Å². The molecule has 4 nitrogen and oxygen atoms in total. The average molecular weight is 418 g/mol. The maximum atomic E-state index is 6.01. The third kappa shape index (κ3) is 3.66. The van der Waals surface area contributed by atoms with Crippen LogP contribution < -0.4 is 10.5 Å². The number of nitrogens with zero attached hydrogens (tertiary/aromatic N) is 1. The summed E-state index contributed by atoms with van der Waals surface area (Å²) in [6.07, 6.45) is 6.67. The minimum Gasteiger partial charge on any atom is -0.496 e. The molecule has 1 aliphatic heterocycles. The zero-order valence-electron chi connectivity index (χ0n) is 18.9. The van der Waals surface area contributed by atoms with E-state index in [0.717, 1.165) is 30.1 Å². The van der Waals surface area contributed by atoms with Gasteiger partial charge in [0.1, 0.15) is 5.75 Å². The topological polar surface area (TPSA) is 54.3 Å². The lowest BCUT2D eigenvalue weighted by Gasteiger charge is -2.48. The zero-order valence-corrected chi connectivity index (χ0v) is 18.9. The molecule has 2 heterocycles. The molecule has 0 amide bonds. The summed E-state index contributed by atoms with van der Waals surface area (Å²) in [5.41, 5.74) is 11.4. The highest BCUT2D eigenvalue weighted by Crippen LogP contribution is 2.53. The molecule has 1 saturated heterocycles. The van der Waals surface area contributed by atoms with Crippen LogP contribution in [0.1, 0.15) is 50.5 Å². The maximum Gasteiger partial charge on any atom is 0.128 e. The van der Waals surface area contributed by atoms with Gasteiger partial charge in [-0.1, -0.05) is 31.0 Å². The third-order valence-electron chi connectivity index (χ3n) is 7.97. The molecular formula is C27H35N3O. The summed E-state index contributed by atoms with van der Waals surface area (Å²) in [6, 6.07) is 18.1. The number of hydrogen-bond donors (Lipinski definition) is 2. The second-order valence-electron chi connectivity index (χ2n) is 9.70. The van der Waals surface area contributed by atoms with Gasteiger partial charge in [-0.3, -0.25) is 4.90 Å². The van der Waals surface area contributed by atoms with Gasteiger partial charge >= 0.3 is 0 Å². The Morgan fingerprint density at radius 1 is 1.16 bits per heavy atom. The monoisotopic (exact) mass is 417 g/mol. The van der Waals surface area contributed by atoms with Crippen LogP contribution in [0.2, 0.25) is 0 Å². The molecule has 1 aromatic heterocycles. The second-order valence-corrected chi connectivity index (χ2v) is 9.70. The summed E-state index contributed by atoms with van der Waals surface area (Å²) in [5.74, 6) is 1.55. The Kier molecular flexibility index (Phi) is 5.53. The first kappa shape index (κ1) is 20.6. The van der Waals surface area contributed by atoms with Gasteiger partial charge in [-0.05, 0) is 80.0 Å². The molecule has 3 N–H and O–H groups in total. The van der Waals surface area contributed by atoms with Crippen LogP contribution >= 0.6 is 0 Å². The van der Waals surface area contributed by atoms with Gasteiger partial charge < -0.3 is 15.5 Å². The van der Waals surface area contributed by atoms with E-state index in [1.807, 2.05) is 12.1 Å². The molecule has 2 atom stereocenters. The Morgan fingerprint density at radius 2 is 1.97 bits per heavy atom. The van der Waals surface area contributed by atoms with E-state index >= 15 is 0 Å². The molecule has 0 radical (unpaired) electrons. The van der Waals surface area contributed by atoms with Gasteiger partial charge in [0.15, 0.2) is 0 Å². The number of aromatic amines is 1. The van der Waals surface area contributed by atoms with Crippen LogP contribution in [0.25, 0.3) is 22.2 Å². The van der Waals surface area contributed by atoms with Crippen LogP contribution in [0, 0.1) is 5.41 Å². The standard InChI is InChI=1S/C27H35N3O/c1-19(17-28)30-14-11-23(27(18-30)12-5-6-13-27)20-9-10-24-21(15-20)16-25(29-24)22-7-3-4-8-26(22)31-2/h3-4,7-10,15-16,19,23,29H,5-6,11-14,17-18,28H2,1-2H3. The van der Waals surface area contributed by atoms with Crippen molar-refractivity contribution in [2.75, 3.05) is 26.7 Å². The minimum atomic E-state index is 0.414. The molecule has 1 spiro atoms. The molecule has 2 aromatic carbocycles. The number of para-hydroxylation sites is 1. The highest BCUT2D eigenvalue weighted by molar-refractivity contribution is 5.87. The van der Waals surface area contributed by atoms with E-state index in [1.54, 1.807) is 7.11 Å². The molecule has 2 aliphatic rings. The molecule has 2 unspecified atom stereocenters. The molecule has 4 heteroatoms. The SMILES string of the molecule is COc1ccccc1-c1cc2cc(C3CCN(C(C)CN)CC34CCCC4)ccc2[nH]1. The van der Waals surface area contributed by atoms with Crippen LogP contribution in [-0.4, -0.2) is 42.7 Å². The number of aromatic nitrogens is 1. The molecule has 1 saturated carbocycles. The number of fused-ring (bicyclic) bond motifs is 1. The van der Waals surface area contributed by atoms with Crippen molar-refractivity contribution >= 4 is 10.9 Å². The van der Waals surface area contributed by atoms with Gasteiger partial charge in [-0.15, -0.1) is 0 Å². The van der Waals surface area contributed by atoms with Crippen LogP contribution in [0.4, 0.5) is 0 Å². The molecule has 0 bridgehead atoms. The third-order valence-corrected chi connectivity index (χ3v) is 7.97. The van der Waals surface area contributed by atoms with Crippen molar-refractivity contribution in [3.8, 4) is 17.0 Å².